The van der Waals surface area contributed by atoms with Crippen LogP contribution in [-0.2, 0) is 0 Å². The second-order valence-corrected chi connectivity index (χ2v) is 4.39. The van der Waals surface area contributed by atoms with Crippen LogP contribution in [0.1, 0.15) is 60.1 Å². The van der Waals surface area contributed by atoms with Crippen molar-refractivity contribution in [1.29, 1.82) is 0 Å². The van der Waals surface area contributed by atoms with Crippen LogP contribution in [0.2, 0.25) is 0 Å². The smallest absolute Gasteiger partial charge is 0.0103 e. The number of benzene rings is 3. The average Bonchev–Trinajstić information content (AvgIpc) is 2.63. The lowest BCUT2D eigenvalue weighted by molar-refractivity contribution is 1.38. The molecule has 0 fully saturated rings. The number of hydrogen-bond donors (Lipinski definition) is 0. The lowest BCUT2D eigenvalue weighted by Gasteiger charge is -2.08. The fourth-order valence-electron chi connectivity index (χ4n) is 2.35. The summed E-state index contributed by atoms with van der Waals surface area (Å²) >= 11 is 0. The monoisotopic (exact) mass is 312 g/mol. The Bertz CT molecular complexity index is 678. The first-order valence-electron chi connectivity index (χ1n) is 8.65. The van der Waals surface area contributed by atoms with E-state index in [-0.39, 0.29) is 7.43 Å². The van der Waals surface area contributed by atoms with Gasteiger partial charge in [-0.15, -0.1) is 0 Å². The summed E-state index contributed by atoms with van der Waals surface area (Å²) in [6, 6.07) is 17.5. The van der Waals surface area contributed by atoms with Crippen LogP contribution in [0.25, 0.3) is 21.5 Å². The quantitative estimate of drug-likeness (QED) is 0.366. The summed E-state index contributed by atoms with van der Waals surface area (Å²) in [5.41, 5.74) is 2.76. The Hall–Kier alpha value is -1.82. The summed E-state index contributed by atoms with van der Waals surface area (Å²) in [5, 5.41) is 5.40. The average molecular weight is 313 g/mol. The highest BCUT2D eigenvalue weighted by Crippen LogP contribution is 2.28. The number of aryl methyl sites for hydroxylation is 2. The number of hydrogen-bond acceptors (Lipinski definition) is 0. The van der Waals surface area contributed by atoms with E-state index in [1.807, 2.05) is 41.5 Å². The van der Waals surface area contributed by atoms with Gasteiger partial charge in [0.2, 0.25) is 0 Å². The summed E-state index contributed by atoms with van der Waals surface area (Å²) in [7, 11) is 0. The van der Waals surface area contributed by atoms with Gasteiger partial charge < -0.3 is 0 Å². The molecule has 0 saturated heterocycles. The van der Waals surface area contributed by atoms with Crippen LogP contribution in [0.4, 0.5) is 0 Å². The van der Waals surface area contributed by atoms with Gasteiger partial charge in [-0.05, 0) is 46.5 Å². The largest absolute Gasteiger partial charge is 0.0776 e. The van der Waals surface area contributed by atoms with Crippen molar-refractivity contribution in [2.24, 2.45) is 0 Å². The summed E-state index contributed by atoms with van der Waals surface area (Å²) < 4.78 is 0. The molecular formula is C23H36. The van der Waals surface area contributed by atoms with Gasteiger partial charge >= 0.3 is 0 Å². The molecule has 128 valence electrons. The highest BCUT2D eigenvalue weighted by atomic mass is 14.1. The van der Waals surface area contributed by atoms with E-state index < -0.39 is 0 Å². The van der Waals surface area contributed by atoms with Gasteiger partial charge in [0.25, 0.3) is 0 Å². The summed E-state index contributed by atoms with van der Waals surface area (Å²) in [6.45, 7) is 16.4. The zero-order chi connectivity index (χ0) is 17.1. The lowest BCUT2D eigenvalue weighted by atomic mass is 9.96. The zero-order valence-corrected chi connectivity index (χ0v) is 15.6. The third-order valence-corrected chi connectivity index (χ3v) is 3.47. The van der Waals surface area contributed by atoms with Gasteiger partial charge in [-0.1, -0.05) is 97.5 Å². The fraction of sp³-hybridized carbons (Fsp3) is 0.391. The van der Waals surface area contributed by atoms with Crippen LogP contribution in [0.3, 0.4) is 0 Å². The first-order valence-corrected chi connectivity index (χ1v) is 8.65. The van der Waals surface area contributed by atoms with Crippen LogP contribution >= 0.6 is 0 Å². The SMILES string of the molecule is C.CC.CC.CC.Cc1ccc2c(ccc3ccccc32)c1C. The summed E-state index contributed by atoms with van der Waals surface area (Å²) in [5.74, 6) is 0. The van der Waals surface area contributed by atoms with E-state index in [0.717, 1.165) is 0 Å². The first kappa shape index (κ1) is 23.4. The molecule has 0 nitrogen and oxygen atoms in total. The molecule has 0 aromatic heterocycles. The molecule has 3 aromatic carbocycles. The second-order valence-electron chi connectivity index (χ2n) is 4.39. The predicted octanol–water partition coefficient (Wildman–Crippen LogP) is 8.32. The van der Waals surface area contributed by atoms with Crippen molar-refractivity contribution < 1.29 is 0 Å². The van der Waals surface area contributed by atoms with E-state index in [0.29, 0.717) is 0 Å². The highest BCUT2D eigenvalue weighted by Gasteiger charge is 2.03. The molecule has 0 spiro atoms. The zero-order valence-electron chi connectivity index (χ0n) is 15.6. The Morgan fingerprint density at radius 3 is 1.65 bits per heavy atom. The van der Waals surface area contributed by atoms with Crippen LogP contribution in [0.5, 0.6) is 0 Å². The molecule has 0 atom stereocenters. The minimum absolute atomic E-state index is 0. The van der Waals surface area contributed by atoms with E-state index in [1.54, 1.807) is 0 Å². The van der Waals surface area contributed by atoms with Gasteiger partial charge in [0.1, 0.15) is 0 Å². The second kappa shape index (κ2) is 12.7. The van der Waals surface area contributed by atoms with E-state index in [4.69, 9.17) is 0 Å². The van der Waals surface area contributed by atoms with Gasteiger partial charge in [-0.2, -0.15) is 0 Å². The number of rotatable bonds is 0. The van der Waals surface area contributed by atoms with E-state index in [9.17, 15) is 0 Å². The molecule has 0 aliphatic carbocycles. The maximum Gasteiger partial charge on any atom is -0.0103 e. The Morgan fingerprint density at radius 2 is 1.04 bits per heavy atom. The van der Waals surface area contributed by atoms with Gasteiger partial charge in [0.15, 0.2) is 0 Å². The van der Waals surface area contributed by atoms with Crippen LogP contribution in [0.15, 0.2) is 48.5 Å². The molecule has 0 unspecified atom stereocenters. The normalized spacial score (nSPS) is 8.52. The fourth-order valence-corrected chi connectivity index (χ4v) is 2.35. The lowest BCUT2D eigenvalue weighted by Crippen LogP contribution is -1.84. The molecule has 0 aliphatic rings. The van der Waals surface area contributed by atoms with Gasteiger partial charge in [0.05, 0.1) is 0 Å². The van der Waals surface area contributed by atoms with Crippen molar-refractivity contribution in [3.8, 4) is 0 Å². The third-order valence-electron chi connectivity index (χ3n) is 3.47. The van der Waals surface area contributed by atoms with Crippen LogP contribution in [0, 0.1) is 13.8 Å². The maximum absolute atomic E-state index is 2.24. The first-order chi connectivity index (χ1) is 10.8. The molecule has 0 saturated carbocycles. The van der Waals surface area contributed by atoms with E-state index >= 15 is 0 Å². The molecule has 23 heavy (non-hydrogen) atoms. The molecule has 3 rings (SSSR count). The van der Waals surface area contributed by atoms with Gasteiger partial charge in [-0.3, -0.25) is 0 Å². The minimum atomic E-state index is 0. The summed E-state index contributed by atoms with van der Waals surface area (Å²) in [4.78, 5) is 0. The molecule has 0 heteroatoms. The molecule has 0 radical (unpaired) electrons. The van der Waals surface area contributed by atoms with Gasteiger partial charge in [-0.25, -0.2) is 0 Å². The van der Waals surface area contributed by atoms with Crippen LogP contribution < -0.4 is 0 Å². The standard InChI is InChI=1S/C16H14.3C2H6.CH4/c1-11-7-9-16-14(12(11)2)10-8-13-5-3-4-6-15(13)16;3*1-2;/h3-10H,1-2H3;3*1-2H3;1H4. The number of fused-ring (bicyclic) bond motifs is 3. The van der Waals surface area contributed by atoms with Crippen LogP contribution in [-0.4, -0.2) is 0 Å². The molecule has 0 aliphatic heterocycles. The topological polar surface area (TPSA) is 0 Å². The predicted molar refractivity (Wildman–Crippen MR) is 112 cm³/mol. The Balaban J connectivity index is 0. The van der Waals surface area contributed by atoms with Crippen molar-refractivity contribution >= 4 is 21.5 Å². The molecular weight excluding hydrogens is 276 g/mol. The van der Waals surface area contributed by atoms with Crippen molar-refractivity contribution in [2.45, 2.75) is 62.8 Å². The van der Waals surface area contributed by atoms with Gasteiger partial charge in [0, 0.05) is 0 Å². The van der Waals surface area contributed by atoms with Crippen molar-refractivity contribution in [1.82, 2.24) is 0 Å². The third kappa shape index (κ3) is 5.39. The minimum Gasteiger partial charge on any atom is -0.0776 e. The maximum atomic E-state index is 2.24. The highest BCUT2D eigenvalue weighted by molar-refractivity contribution is 6.08. The summed E-state index contributed by atoms with van der Waals surface area (Å²) in [6.07, 6.45) is 0. The Morgan fingerprint density at radius 1 is 0.522 bits per heavy atom. The Kier molecular flexibility index (Phi) is 12.9. The van der Waals surface area contributed by atoms with Crippen molar-refractivity contribution in [2.75, 3.05) is 0 Å². The van der Waals surface area contributed by atoms with E-state index in [1.165, 1.54) is 32.7 Å². The molecule has 0 bridgehead atoms. The molecule has 0 heterocycles. The molecule has 0 N–H and O–H groups in total. The van der Waals surface area contributed by atoms with E-state index in [2.05, 4.69) is 62.4 Å². The van der Waals surface area contributed by atoms with Crippen molar-refractivity contribution in [3.05, 3.63) is 59.7 Å². The van der Waals surface area contributed by atoms with Crippen molar-refractivity contribution in [3.63, 3.8) is 0 Å². The Labute approximate surface area is 144 Å². The molecule has 3 aromatic rings. The molecule has 0 amide bonds.